The van der Waals surface area contributed by atoms with Crippen molar-refractivity contribution in [2.24, 2.45) is 0 Å². The number of carbonyl (C=O) groups excluding carboxylic acids is 1. The van der Waals surface area contributed by atoms with Crippen LogP contribution in [0.4, 0.5) is 5.82 Å². The Morgan fingerprint density at radius 2 is 1.74 bits per heavy atom. The summed E-state index contributed by atoms with van der Waals surface area (Å²) in [6, 6.07) is 12.8. The molecule has 1 heterocycles. The summed E-state index contributed by atoms with van der Waals surface area (Å²) in [5, 5.41) is 7.89. The van der Waals surface area contributed by atoms with Crippen molar-refractivity contribution in [3.63, 3.8) is 0 Å². The summed E-state index contributed by atoms with van der Waals surface area (Å²) in [6.07, 6.45) is 1.56. The molecule has 0 fully saturated rings. The van der Waals surface area contributed by atoms with Crippen LogP contribution in [0.2, 0.25) is 10.0 Å². The van der Waals surface area contributed by atoms with Crippen molar-refractivity contribution in [2.45, 2.75) is 25.3 Å². The van der Waals surface area contributed by atoms with E-state index in [0.717, 1.165) is 5.56 Å². The van der Waals surface area contributed by atoms with Gasteiger partial charge in [0.15, 0.2) is 0 Å². The molecule has 0 aliphatic carbocycles. The number of sulfonamides is 1. The number of halogens is 2. The zero-order valence-electron chi connectivity index (χ0n) is 17.0. The minimum absolute atomic E-state index is 0.147. The lowest BCUT2D eigenvalue weighted by Gasteiger charge is -2.18. The van der Waals surface area contributed by atoms with E-state index in [2.05, 4.69) is 10.4 Å². The first-order valence-electron chi connectivity index (χ1n) is 9.64. The van der Waals surface area contributed by atoms with Gasteiger partial charge in [0.1, 0.15) is 5.82 Å². The van der Waals surface area contributed by atoms with Crippen molar-refractivity contribution >= 4 is 45.0 Å². The van der Waals surface area contributed by atoms with Crippen molar-refractivity contribution < 1.29 is 13.2 Å². The third-order valence-electron chi connectivity index (χ3n) is 4.77. The first-order chi connectivity index (χ1) is 14.8. The number of hydrogen-bond donors (Lipinski definition) is 1. The molecular weight excluding hydrogens is 459 g/mol. The summed E-state index contributed by atoms with van der Waals surface area (Å²) in [4.78, 5) is 12.8. The maximum absolute atomic E-state index is 12.7. The molecule has 0 spiro atoms. The van der Waals surface area contributed by atoms with Crippen molar-refractivity contribution in [2.75, 3.05) is 18.4 Å². The van der Waals surface area contributed by atoms with E-state index in [0.29, 0.717) is 41.1 Å². The van der Waals surface area contributed by atoms with Crippen LogP contribution in [0.3, 0.4) is 0 Å². The molecular formula is C21H22Cl2N4O3S. The second-order valence-corrected chi connectivity index (χ2v) is 9.38. The van der Waals surface area contributed by atoms with Crippen molar-refractivity contribution in [1.29, 1.82) is 0 Å². The van der Waals surface area contributed by atoms with E-state index in [1.807, 2.05) is 6.07 Å². The highest BCUT2D eigenvalue weighted by atomic mass is 35.5. The molecule has 0 saturated carbocycles. The zero-order chi connectivity index (χ0) is 22.6. The maximum Gasteiger partial charge on any atom is 0.256 e. The van der Waals surface area contributed by atoms with Crippen LogP contribution < -0.4 is 5.32 Å². The molecule has 164 valence electrons. The van der Waals surface area contributed by atoms with E-state index >= 15 is 0 Å². The first kappa shape index (κ1) is 23.3. The summed E-state index contributed by atoms with van der Waals surface area (Å²) in [7, 11) is -3.58. The Morgan fingerprint density at radius 1 is 1.06 bits per heavy atom. The summed E-state index contributed by atoms with van der Waals surface area (Å²) in [6.45, 7) is 4.64. The van der Waals surface area contributed by atoms with Crippen molar-refractivity contribution in [3.8, 4) is 0 Å². The second-order valence-electron chi connectivity index (χ2n) is 6.65. The van der Waals surface area contributed by atoms with Gasteiger partial charge >= 0.3 is 0 Å². The van der Waals surface area contributed by atoms with Gasteiger partial charge < -0.3 is 5.32 Å². The Bertz CT molecular complexity index is 1170. The molecule has 3 rings (SSSR count). The molecule has 0 atom stereocenters. The predicted molar refractivity (Wildman–Crippen MR) is 122 cm³/mol. The molecule has 1 N–H and O–H groups in total. The lowest BCUT2D eigenvalue weighted by Crippen LogP contribution is -2.30. The van der Waals surface area contributed by atoms with Gasteiger partial charge in [-0.1, -0.05) is 49.2 Å². The van der Waals surface area contributed by atoms with E-state index < -0.39 is 10.0 Å². The minimum Gasteiger partial charge on any atom is -0.307 e. The average molecular weight is 481 g/mol. The highest BCUT2D eigenvalue weighted by Gasteiger charge is 2.22. The normalized spacial score (nSPS) is 11.6. The number of anilines is 1. The number of hydrogen-bond acceptors (Lipinski definition) is 4. The molecule has 0 unspecified atom stereocenters. The molecule has 0 bridgehead atoms. The molecule has 7 nitrogen and oxygen atoms in total. The smallest absolute Gasteiger partial charge is 0.256 e. The predicted octanol–water partition coefficient (Wildman–Crippen LogP) is 4.52. The van der Waals surface area contributed by atoms with Crippen LogP contribution in [0.25, 0.3) is 0 Å². The molecule has 0 aliphatic rings. The summed E-state index contributed by atoms with van der Waals surface area (Å²) in [5.41, 5.74) is 1.09. The molecule has 1 aromatic heterocycles. The topological polar surface area (TPSA) is 84.3 Å². The van der Waals surface area contributed by atoms with Crippen molar-refractivity contribution in [3.05, 3.63) is 75.9 Å². The molecule has 10 heteroatoms. The largest absolute Gasteiger partial charge is 0.307 e. The number of nitrogens with zero attached hydrogens (tertiary/aromatic N) is 3. The van der Waals surface area contributed by atoms with E-state index in [4.69, 9.17) is 23.2 Å². The zero-order valence-corrected chi connectivity index (χ0v) is 19.4. The molecule has 1 amide bonds. The van der Waals surface area contributed by atoms with Gasteiger partial charge in [0.25, 0.3) is 5.91 Å². The number of aromatic nitrogens is 2. The van der Waals surface area contributed by atoms with Gasteiger partial charge in [0, 0.05) is 24.7 Å². The van der Waals surface area contributed by atoms with Crippen molar-refractivity contribution in [1.82, 2.24) is 14.1 Å². The highest BCUT2D eigenvalue weighted by Crippen LogP contribution is 2.27. The van der Waals surface area contributed by atoms with Gasteiger partial charge in [-0.3, -0.25) is 4.79 Å². The molecule has 3 aromatic rings. The molecule has 0 radical (unpaired) electrons. The number of amides is 1. The van der Waals surface area contributed by atoms with Gasteiger partial charge in [-0.2, -0.15) is 9.40 Å². The Balaban J connectivity index is 1.76. The van der Waals surface area contributed by atoms with Crippen LogP contribution in [0.15, 0.2) is 59.6 Å². The second kappa shape index (κ2) is 9.82. The fraction of sp³-hybridized carbons (Fsp3) is 0.238. The Hall–Kier alpha value is -2.39. The minimum atomic E-state index is -3.58. The van der Waals surface area contributed by atoms with Crippen LogP contribution in [-0.2, 0) is 16.6 Å². The van der Waals surface area contributed by atoms with E-state index in [9.17, 15) is 13.2 Å². The lowest BCUT2D eigenvalue weighted by atomic mass is 10.2. The number of carbonyl (C=O) groups is 1. The Labute approximate surface area is 191 Å². The SMILES string of the molecule is CCN(CC)S(=O)(=O)c1ccc(C(=O)Nc2ccnn2Cc2cccc(Cl)c2Cl)cc1. The van der Waals surface area contributed by atoms with Crippen LogP contribution >= 0.6 is 23.2 Å². The summed E-state index contributed by atoms with van der Waals surface area (Å²) >= 11 is 12.3. The number of benzene rings is 2. The lowest BCUT2D eigenvalue weighted by molar-refractivity contribution is 0.102. The molecule has 31 heavy (non-hydrogen) atoms. The van der Waals surface area contributed by atoms with E-state index in [1.54, 1.807) is 42.9 Å². The van der Waals surface area contributed by atoms with Crippen LogP contribution in [0.5, 0.6) is 0 Å². The van der Waals surface area contributed by atoms with Crippen LogP contribution in [-0.4, -0.2) is 41.5 Å². The van der Waals surface area contributed by atoms with E-state index in [1.165, 1.54) is 28.6 Å². The maximum atomic E-state index is 12.7. The van der Waals surface area contributed by atoms with Gasteiger partial charge in [0.05, 0.1) is 27.7 Å². The highest BCUT2D eigenvalue weighted by molar-refractivity contribution is 7.89. The Morgan fingerprint density at radius 3 is 2.39 bits per heavy atom. The van der Waals surface area contributed by atoms with Crippen LogP contribution in [0.1, 0.15) is 29.8 Å². The standard InChI is InChI=1S/C21H22Cl2N4O3S/c1-3-26(4-2)31(29,30)17-10-8-15(9-11-17)21(28)25-19-12-13-24-27(19)14-16-6-5-7-18(22)20(16)23/h5-13H,3-4,14H2,1-2H3,(H,25,28). The van der Waals surface area contributed by atoms with Gasteiger partial charge in [-0.05, 0) is 35.9 Å². The average Bonchev–Trinajstić information content (AvgIpc) is 3.18. The van der Waals surface area contributed by atoms with Gasteiger partial charge in [0.2, 0.25) is 10.0 Å². The monoisotopic (exact) mass is 480 g/mol. The number of nitrogens with one attached hydrogen (secondary N) is 1. The van der Waals surface area contributed by atoms with Gasteiger partial charge in [-0.15, -0.1) is 0 Å². The van der Waals surface area contributed by atoms with Gasteiger partial charge in [-0.25, -0.2) is 13.1 Å². The fourth-order valence-electron chi connectivity index (χ4n) is 3.08. The van der Waals surface area contributed by atoms with Crippen LogP contribution in [0, 0.1) is 0 Å². The molecule has 0 aliphatic heterocycles. The quantitative estimate of drug-likeness (QED) is 0.513. The summed E-state index contributed by atoms with van der Waals surface area (Å²) in [5.74, 6) is 0.0895. The summed E-state index contributed by atoms with van der Waals surface area (Å²) < 4.78 is 28.1. The Kier molecular flexibility index (Phi) is 7.38. The third-order valence-corrected chi connectivity index (χ3v) is 7.69. The first-order valence-corrected chi connectivity index (χ1v) is 11.8. The van der Waals surface area contributed by atoms with E-state index in [-0.39, 0.29) is 10.8 Å². The third kappa shape index (κ3) is 5.10. The number of rotatable bonds is 8. The molecule has 0 saturated heterocycles. The molecule has 2 aromatic carbocycles. The fourth-order valence-corrected chi connectivity index (χ4v) is 4.91.